The van der Waals surface area contributed by atoms with Crippen molar-refractivity contribution in [3.05, 3.63) is 18.3 Å². The molecule has 0 fully saturated rings. The number of hydrogen-bond donors (Lipinski definition) is 0. The van der Waals surface area contributed by atoms with Gasteiger partial charge in [-0.1, -0.05) is 22.9 Å². The summed E-state index contributed by atoms with van der Waals surface area (Å²) in [4.78, 5) is 5.68. The van der Waals surface area contributed by atoms with Crippen LogP contribution in [-0.2, 0) is 0 Å². The van der Waals surface area contributed by atoms with E-state index in [1.54, 1.807) is 18.3 Å². The molecule has 3 nitrogen and oxygen atoms in total. The topological polar surface area (TPSA) is 25.4 Å². The summed E-state index contributed by atoms with van der Waals surface area (Å²) in [7, 11) is 0. The lowest BCUT2D eigenvalue weighted by molar-refractivity contribution is 0.154. The van der Waals surface area contributed by atoms with Crippen LogP contribution in [0.3, 0.4) is 0 Å². The van der Waals surface area contributed by atoms with Gasteiger partial charge in [-0.2, -0.15) is 0 Å². The molecule has 0 saturated heterocycles. The van der Waals surface area contributed by atoms with E-state index in [-0.39, 0.29) is 6.54 Å². The Bertz CT molecular complexity index is 353. The van der Waals surface area contributed by atoms with Crippen molar-refractivity contribution in [1.82, 2.24) is 4.98 Å². The molecule has 0 bridgehead atoms. The van der Waals surface area contributed by atoms with Gasteiger partial charge in [0, 0.05) is 18.1 Å². The van der Waals surface area contributed by atoms with Gasteiger partial charge in [-0.25, -0.2) is 13.8 Å². The Labute approximate surface area is 114 Å². The van der Waals surface area contributed by atoms with E-state index in [4.69, 9.17) is 4.74 Å². The van der Waals surface area contributed by atoms with Gasteiger partial charge in [0.05, 0.1) is 13.2 Å². The number of nitrogens with zero attached hydrogens (tertiary/aromatic N) is 2. The Morgan fingerprint density at radius 2 is 2.28 bits per heavy atom. The summed E-state index contributed by atoms with van der Waals surface area (Å²) in [5, 5.41) is 0.601. The molecule has 18 heavy (non-hydrogen) atoms. The first-order chi connectivity index (χ1) is 8.69. The normalized spacial score (nSPS) is 10.7. The van der Waals surface area contributed by atoms with Crippen LogP contribution in [0.5, 0.6) is 5.75 Å². The van der Waals surface area contributed by atoms with Crippen molar-refractivity contribution in [2.24, 2.45) is 0 Å². The molecule has 1 aromatic rings. The standard InChI is InChI=1S/C12H17BrF2N2O/c1-2-8-18-10-4-3-6-16-12(10)17(7-5-13)9-11(14)15/h3-4,6,11H,2,5,7-9H2,1H3. The van der Waals surface area contributed by atoms with Gasteiger partial charge in [-0.05, 0) is 18.6 Å². The Hall–Kier alpha value is -0.910. The monoisotopic (exact) mass is 322 g/mol. The van der Waals surface area contributed by atoms with Crippen LogP contribution in [0.2, 0.25) is 0 Å². The van der Waals surface area contributed by atoms with Crippen molar-refractivity contribution in [2.45, 2.75) is 19.8 Å². The van der Waals surface area contributed by atoms with Crippen molar-refractivity contribution >= 4 is 21.7 Å². The summed E-state index contributed by atoms with van der Waals surface area (Å²) in [6.45, 7) is 2.66. The van der Waals surface area contributed by atoms with Crippen molar-refractivity contribution in [3.8, 4) is 5.75 Å². The summed E-state index contributed by atoms with van der Waals surface area (Å²) in [5.41, 5.74) is 0. The van der Waals surface area contributed by atoms with Crippen LogP contribution in [0.15, 0.2) is 18.3 Å². The van der Waals surface area contributed by atoms with Gasteiger partial charge >= 0.3 is 0 Å². The molecule has 6 heteroatoms. The number of ether oxygens (including phenoxy) is 1. The maximum absolute atomic E-state index is 12.6. The third-order valence-corrected chi connectivity index (χ3v) is 2.58. The lowest BCUT2D eigenvalue weighted by atomic mass is 10.3. The molecule has 0 amide bonds. The first kappa shape index (κ1) is 15.1. The SMILES string of the molecule is CCCOc1cccnc1N(CCBr)CC(F)F. The van der Waals surface area contributed by atoms with E-state index in [0.29, 0.717) is 30.0 Å². The molecular formula is C12H17BrF2N2O. The number of alkyl halides is 3. The van der Waals surface area contributed by atoms with E-state index < -0.39 is 6.43 Å². The van der Waals surface area contributed by atoms with E-state index in [2.05, 4.69) is 20.9 Å². The van der Waals surface area contributed by atoms with Gasteiger partial charge in [0.25, 0.3) is 6.43 Å². The fourth-order valence-corrected chi connectivity index (χ4v) is 1.92. The number of aromatic nitrogens is 1. The molecule has 0 spiro atoms. The smallest absolute Gasteiger partial charge is 0.255 e. The summed E-state index contributed by atoms with van der Waals surface area (Å²) in [6, 6.07) is 3.49. The average Bonchev–Trinajstić information content (AvgIpc) is 2.36. The van der Waals surface area contributed by atoms with Crippen molar-refractivity contribution in [3.63, 3.8) is 0 Å². The van der Waals surface area contributed by atoms with Crippen LogP contribution in [0, 0.1) is 0 Å². The molecule has 0 radical (unpaired) electrons. The van der Waals surface area contributed by atoms with E-state index in [0.717, 1.165) is 6.42 Å². The summed E-state index contributed by atoms with van der Waals surface area (Å²) >= 11 is 3.26. The largest absolute Gasteiger partial charge is 0.490 e. The van der Waals surface area contributed by atoms with Crippen LogP contribution in [0.25, 0.3) is 0 Å². The molecular weight excluding hydrogens is 306 g/mol. The minimum atomic E-state index is -2.40. The highest BCUT2D eigenvalue weighted by Crippen LogP contribution is 2.26. The van der Waals surface area contributed by atoms with Gasteiger partial charge in [0.15, 0.2) is 11.6 Å². The highest BCUT2D eigenvalue weighted by Gasteiger charge is 2.17. The van der Waals surface area contributed by atoms with Crippen LogP contribution < -0.4 is 9.64 Å². The van der Waals surface area contributed by atoms with Gasteiger partial charge in [0.1, 0.15) is 0 Å². The lowest BCUT2D eigenvalue weighted by Gasteiger charge is -2.24. The van der Waals surface area contributed by atoms with Crippen molar-refractivity contribution in [2.75, 3.05) is 29.9 Å². The van der Waals surface area contributed by atoms with Crippen LogP contribution in [-0.4, -0.2) is 36.4 Å². The zero-order valence-corrected chi connectivity index (χ0v) is 11.9. The fraction of sp³-hybridized carbons (Fsp3) is 0.583. The molecule has 0 aliphatic rings. The van der Waals surface area contributed by atoms with E-state index >= 15 is 0 Å². The zero-order chi connectivity index (χ0) is 13.4. The van der Waals surface area contributed by atoms with Crippen molar-refractivity contribution in [1.29, 1.82) is 0 Å². The molecule has 0 aliphatic heterocycles. The van der Waals surface area contributed by atoms with Crippen LogP contribution >= 0.6 is 15.9 Å². The van der Waals surface area contributed by atoms with Crippen molar-refractivity contribution < 1.29 is 13.5 Å². The number of hydrogen-bond acceptors (Lipinski definition) is 3. The summed E-state index contributed by atoms with van der Waals surface area (Å²) < 4.78 is 30.6. The highest BCUT2D eigenvalue weighted by atomic mass is 79.9. The second-order valence-corrected chi connectivity index (χ2v) is 4.49. The van der Waals surface area contributed by atoms with Crippen LogP contribution in [0.4, 0.5) is 14.6 Å². The molecule has 1 aromatic heterocycles. The second kappa shape index (κ2) is 8.24. The molecule has 0 unspecified atom stereocenters. The number of rotatable bonds is 8. The predicted octanol–water partition coefficient (Wildman–Crippen LogP) is 3.34. The molecule has 0 aromatic carbocycles. The molecule has 0 saturated carbocycles. The quantitative estimate of drug-likeness (QED) is 0.686. The predicted molar refractivity (Wildman–Crippen MR) is 72.0 cm³/mol. The maximum atomic E-state index is 12.6. The Morgan fingerprint density at radius 3 is 2.89 bits per heavy atom. The number of pyridine rings is 1. The fourth-order valence-electron chi connectivity index (χ4n) is 1.50. The second-order valence-electron chi connectivity index (χ2n) is 3.70. The molecule has 0 N–H and O–H groups in total. The van der Waals surface area contributed by atoms with Gasteiger partial charge in [-0.3, -0.25) is 0 Å². The molecule has 0 atom stereocenters. The molecule has 0 aliphatic carbocycles. The Kier molecular flexibility index (Phi) is 6.93. The molecule has 1 heterocycles. The average molecular weight is 323 g/mol. The first-order valence-electron chi connectivity index (χ1n) is 5.86. The molecule has 1 rings (SSSR count). The molecule has 102 valence electrons. The Balaban J connectivity index is 2.87. The summed E-state index contributed by atoms with van der Waals surface area (Å²) in [6.07, 6.45) is 0.0488. The van der Waals surface area contributed by atoms with Gasteiger partial charge in [-0.15, -0.1) is 0 Å². The van der Waals surface area contributed by atoms with E-state index in [1.807, 2.05) is 6.92 Å². The third-order valence-electron chi connectivity index (χ3n) is 2.22. The van der Waals surface area contributed by atoms with E-state index in [9.17, 15) is 8.78 Å². The lowest BCUT2D eigenvalue weighted by Crippen LogP contribution is -2.31. The first-order valence-corrected chi connectivity index (χ1v) is 6.98. The zero-order valence-electron chi connectivity index (χ0n) is 10.3. The van der Waals surface area contributed by atoms with Gasteiger partial charge in [0.2, 0.25) is 0 Å². The highest BCUT2D eigenvalue weighted by molar-refractivity contribution is 9.09. The number of halogens is 3. The number of anilines is 1. The summed E-state index contributed by atoms with van der Waals surface area (Å²) in [5.74, 6) is 1.03. The third kappa shape index (κ3) is 4.76. The maximum Gasteiger partial charge on any atom is 0.255 e. The minimum Gasteiger partial charge on any atom is -0.490 e. The van der Waals surface area contributed by atoms with Gasteiger partial charge < -0.3 is 9.64 Å². The van der Waals surface area contributed by atoms with Crippen LogP contribution in [0.1, 0.15) is 13.3 Å². The Morgan fingerprint density at radius 1 is 1.50 bits per heavy atom. The van der Waals surface area contributed by atoms with E-state index in [1.165, 1.54) is 4.90 Å². The minimum absolute atomic E-state index is 0.342.